The number of hydrogen-bond acceptors (Lipinski definition) is 7. The summed E-state index contributed by atoms with van der Waals surface area (Å²) in [5, 5.41) is 5.89. The van der Waals surface area contributed by atoms with E-state index in [1.54, 1.807) is 36.5 Å². The Hall–Kier alpha value is -2.01. The normalized spacial score (nSPS) is 22.0. The van der Waals surface area contributed by atoms with Gasteiger partial charge in [-0.05, 0) is 31.7 Å². The summed E-state index contributed by atoms with van der Waals surface area (Å²) in [5.41, 5.74) is 1.30. The SMILES string of the molecule is CCNS(=O)(=O)c1ccccc1-c1csc([C@H]2CC[C@H](NC(=O)OC3COC3)CC2)n1. The maximum atomic E-state index is 12.6. The number of ether oxygens (including phenoxy) is 2. The molecule has 2 aromatic rings. The number of carbonyl (C=O) groups excluding carboxylic acids is 1. The Morgan fingerprint density at radius 3 is 2.65 bits per heavy atom. The number of thiazole rings is 1. The second-order valence-electron chi connectivity index (χ2n) is 7.83. The van der Waals surface area contributed by atoms with Crippen LogP contribution >= 0.6 is 11.3 Å². The van der Waals surface area contributed by atoms with E-state index < -0.39 is 10.0 Å². The highest BCUT2D eigenvalue weighted by Gasteiger charge is 2.28. The molecular weight excluding hydrogens is 438 g/mol. The van der Waals surface area contributed by atoms with Gasteiger partial charge in [0, 0.05) is 29.4 Å². The van der Waals surface area contributed by atoms with Crippen LogP contribution in [-0.4, -0.2) is 51.4 Å². The first-order valence-corrected chi connectivity index (χ1v) is 12.9. The predicted molar refractivity (Wildman–Crippen MR) is 118 cm³/mol. The van der Waals surface area contributed by atoms with Crippen LogP contribution in [0, 0.1) is 0 Å². The van der Waals surface area contributed by atoms with Gasteiger partial charge in [0.05, 0.1) is 28.8 Å². The molecule has 1 aromatic carbocycles. The quantitative estimate of drug-likeness (QED) is 0.650. The van der Waals surface area contributed by atoms with Crippen LogP contribution in [-0.2, 0) is 19.5 Å². The van der Waals surface area contributed by atoms with Crippen molar-refractivity contribution in [1.82, 2.24) is 15.0 Å². The summed E-state index contributed by atoms with van der Waals surface area (Å²) in [7, 11) is -3.58. The average Bonchev–Trinajstić information content (AvgIpc) is 3.21. The molecule has 2 fully saturated rings. The maximum absolute atomic E-state index is 12.6. The Morgan fingerprint density at radius 2 is 1.97 bits per heavy atom. The molecule has 1 aromatic heterocycles. The number of benzene rings is 1. The minimum Gasteiger partial charge on any atom is -0.441 e. The van der Waals surface area contributed by atoms with Crippen molar-refractivity contribution in [3.05, 3.63) is 34.7 Å². The Morgan fingerprint density at radius 1 is 1.23 bits per heavy atom. The lowest BCUT2D eigenvalue weighted by Gasteiger charge is -2.30. The highest BCUT2D eigenvalue weighted by atomic mass is 32.2. The standard InChI is InChI=1S/C21H27N3O5S2/c1-2-22-31(26,27)19-6-4-3-5-17(19)18-13-30-20(24-18)14-7-9-15(10-8-14)23-21(25)29-16-11-28-12-16/h3-6,13-16,22H,2,7-12H2,1H3,(H,23,25)/t14-,15-. The zero-order chi connectivity index (χ0) is 21.8. The lowest BCUT2D eigenvalue weighted by molar-refractivity contribution is -0.0985. The molecule has 4 rings (SSSR count). The van der Waals surface area contributed by atoms with Gasteiger partial charge in [0.1, 0.15) is 0 Å². The zero-order valence-electron chi connectivity index (χ0n) is 17.4. The number of amides is 1. The molecule has 10 heteroatoms. The second-order valence-corrected chi connectivity index (χ2v) is 10.5. The largest absolute Gasteiger partial charge is 0.441 e. The van der Waals surface area contributed by atoms with Gasteiger partial charge < -0.3 is 14.8 Å². The molecule has 0 radical (unpaired) electrons. The predicted octanol–water partition coefficient (Wildman–Crippen LogP) is 3.26. The first-order valence-electron chi connectivity index (χ1n) is 10.6. The molecule has 2 heterocycles. The summed E-state index contributed by atoms with van der Waals surface area (Å²) in [5.74, 6) is 0.311. The van der Waals surface area contributed by atoms with Crippen molar-refractivity contribution >= 4 is 27.5 Å². The number of nitrogens with zero attached hydrogens (tertiary/aromatic N) is 1. The molecule has 0 unspecified atom stereocenters. The maximum Gasteiger partial charge on any atom is 0.407 e. The molecule has 168 valence electrons. The summed E-state index contributed by atoms with van der Waals surface area (Å²) < 4.78 is 38.0. The molecule has 8 nitrogen and oxygen atoms in total. The van der Waals surface area contributed by atoms with Gasteiger partial charge in [0.25, 0.3) is 0 Å². The third-order valence-corrected chi connectivity index (χ3v) is 8.20. The molecule has 1 saturated heterocycles. The van der Waals surface area contributed by atoms with Gasteiger partial charge in [-0.3, -0.25) is 0 Å². The number of alkyl carbamates (subject to hydrolysis) is 1. The van der Waals surface area contributed by atoms with E-state index in [0.717, 1.165) is 30.7 Å². The highest BCUT2D eigenvalue weighted by Crippen LogP contribution is 2.37. The smallest absolute Gasteiger partial charge is 0.407 e. The first kappa shape index (κ1) is 22.2. The fraction of sp³-hybridized carbons (Fsp3) is 0.524. The molecule has 0 atom stereocenters. The van der Waals surface area contributed by atoms with E-state index in [1.807, 2.05) is 11.4 Å². The molecule has 1 saturated carbocycles. The van der Waals surface area contributed by atoms with Crippen LogP contribution < -0.4 is 10.0 Å². The van der Waals surface area contributed by atoms with Crippen molar-refractivity contribution in [2.45, 2.75) is 55.6 Å². The molecule has 2 N–H and O–H groups in total. The fourth-order valence-electron chi connectivity index (χ4n) is 3.90. The Balaban J connectivity index is 1.39. The first-order chi connectivity index (χ1) is 15.0. The van der Waals surface area contributed by atoms with Gasteiger partial charge in [-0.2, -0.15) is 0 Å². The van der Waals surface area contributed by atoms with E-state index in [-0.39, 0.29) is 23.1 Å². The van der Waals surface area contributed by atoms with Crippen molar-refractivity contribution in [3.63, 3.8) is 0 Å². The summed E-state index contributed by atoms with van der Waals surface area (Å²) in [6, 6.07) is 7.06. The summed E-state index contributed by atoms with van der Waals surface area (Å²) in [6.45, 7) is 3.04. The van der Waals surface area contributed by atoms with Crippen LogP contribution in [0.5, 0.6) is 0 Å². The van der Waals surface area contributed by atoms with E-state index in [2.05, 4.69) is 10.0 Å². The molecular formula is C21H27N3O5S2. The number of sulfonamides is 1. The number of hydrogen-bond donors (Lipinski definition) is 2. The summed E-state index contributed by atoms with van der Waals surface area (Å²) in [6.07, 6.45) is 3.07. The van der Waals surface area contributed by atoms with Gasteiger partial charge in [-0.15, -0.1) is 11.3 Å². The number of aromatic nitrogens is 1. The van der Waals surface area contributed by atoms with Gasteiger partial charge in [-0.25, -0.2) is 22.9 Å². The van der Waals surface area contributed by atoms with Crippen LogP contribution in [0.25, 0.3) is 11.3 Å². The Kier molecular flexibility index (Phi) is 6.90. The highest BCUT2D eigenvalue weighted by molar-refractivity contribution is 7.89. The molecule has 1 aliphatic carbocycles. The minimum atomic E-state index is -3.58. The third-order valence-electron chi connectivity index (χ3n) is 5.59. The lowest BCUT2D eigenvalue weighted by atomic mass is 9.86. The van der Waals surface area contributed by atoms with Gasteiger partial charge in [0.15, 0.2) is 6.10 Å². The topological polar surface area (TPSA) is 107 Å². The molecule has 0 bridgehead atoms. The van der Waals surface area contributed by atoms with Crippen molar-refractivity contribution in [1.29, 1.82) is 0 Å². The lowest BCUT2D eigenvalue weighted by Crippen LogP contribution is -2.44. The minimum absolute atomic E-state index is 0.107. The fourth-order valence-corrected chi connectivity index (χ4v) is 6.14. The molecule has 1 amide bonds. The van der Waals surface area contributed by atoms with Crippen LogP contribution in [0.3, 0.4) is 0 Å². The van der Waals surface area contributed by atoms with E-state index >= 15 is 0 Å². The van der Waals surface area contributed by atoms with E-state index in [9.17, 15) is 13.2 Å². The van der Waals surface area contributed by atoms with E-state index in [0.29, 0.717) is 36.9 Å². The summed E-state index contributed by atoms with van der Waals surface area (Å²) in [4.78, 5) is 17.0. The Bertz CT molecular complexity index is 1010. The Labute approximate surface area is 186 Å². The molecule has 0 spiro atoms. The van der Waals surface area contributed by atoms with Crippen LogP contribution in [0.2, 0.25) is 0 Å². The van der Waals surface area contributed by atoms with Crippen LogP contribution in [0.4, 0.5) is 4.79 Å². The van der Waals surface area contributed by atoms with Crippen LogP contribution in [0.15, 0.2) is 34.5 Å². The van der Waals surface area contributed by atoms with Gasteiger partial charge in [-0.1, -0.05) is 25.1 Å². The molecule has 31 heavy (non-hydrogen) atoms. The average molecular weight is 466 g/mol. The van der Waals surface area contributed by atoms with Crippen molar-refractivity contribution in [2.24, 2.45) is 0 Å². The number of nitrogens with one attached hydrogen (secondary N) is 2. The van der Waals surface area contributed by atoms with Crippen molar-refractivity contribution < 1.29 is 22.7 Å². The number of rotatable bonds is 7. The van der Waals surface area contributed by atoms with Crippen LogP contribution in [0.1, 0.15) is 43.5 Å². The van der Waals surface area contributed by atoms with Gasteiger partial charge in [0.2, 0.25) is 10.0 Å². The summed E-state index contributed by atoms with van der Waals surface area (Å²) >= 11 is 1.57. The van der Waals surface area contributed by atoms with E-state index in [4.69, 9.17) is 14.5 Å². The third kappa shape index (κ3) is 5.25. The number of carbonyl (C=O) groups is 1. The van der Waals surface area contributed by atoms with Crippen molar-refractivity contribution in [2.75, 3.05) is 19.8 Å². The molecule has 1 aliphatic heterocycles. The van der Waals surface area contributed by atoms with Crippen molar-refractivity contribution in [3.8, 4) is 11.3 Å². The van der Waals surface area contributed by atoms with Gasteiger partial charge >= 0.3 is 6.09 Å². The molecule has 2 aliphatic rings. The second kappa shape index (κ2) is 9.64. The monoisotopic (exact) mass is 465 g/mol. The van der Waals surface area contributed by atoms with E-state index in [1.165, 1.54) is 0 Å². The zero-order valence-corrected chi connectivity index (χ0v) is 19.0.